The molecule has 2 heterocycles. The first-order valence-corrected chi connectivity index (χ1v) is 11.8. The molecule has 10 heteroatoms. The first-order chi connectivity index (χ1) is 14.4. The number of sulfonamides is 1. The number of piperazine rings is 1. The molecule has 2 aromatic rings. The highest BCUT2D eigenvalue weighted by molar-refractivity contribution is 9.10. The summed E-state index contributed by atoms with van der Waals surface area (Å²) in [7, 11) is -3.56. The minimum Gasteiger partial charge on any atom is -0.486 e. The van der Waals surface area contributed by atoms with Gasteiger partial charge in [0.25, 0.3) is 0 Å². The predicted molar refractivity (Wildman–Crippen MR) is 114 cm³/mol. The van der Waals surface area contributed by atoms with E-state index < -0.39 is 10.0 Å². The van der Waals surface area contributed by atoms with Crippen molar-refractivity contribution in [3.05, 3.63) is 52.5 Å². The number of rotatable bonds is 4. The maximum Gasteiger partial charge on any atom is 0.317 e. The summed E-state index contributed by atoms with van der Waals surface area (Å²) in [5, 5.41) is 2.88. The molecule has 1 N–H and O–H groups in total. The Balaban J connectivity index is 1.30. The molecule has 0 saturated carbocycles. The Morgan fingerprint density at radius 3 is 2.33 bits per heavy atom. The first kappa shape index (κ1) is 21.0. The average molecular weight is 496 g/mol. The summed E-state index contributed by atoms with van der Waals surface area (Å²) in [5.74, 6) is 1.39. The van der Waals surface area contributed by atoms with Crippen LogP contribution in [-0.2, 0) is 16.6 Å². The van der Waals surface area contributed by atoms with Crippen LogP contribution in [0.2, 0.25) is 0 Å². The second-order valence-electron chi connectivity index (χ2n) is 6.98. The van der Waals surface area contributed by atoms with Crippen LogP contribution < -0.4 is 14.8 Å². The van der Waals surface area contributed by atoms with Gasteiger partial charge in [-0.25, -0.2) is 13.2 Å². The lowest BCUT2D eigenvalue weighted by Crippen LogP contribution is -2.52. The molecule has 0 atom stereocenters. The SMILES string of the molecule is O=C(NCc1ccc2c(c1)OCCO2)N1CCN(S(=O)(=O)c2ccc(Br)cc2)CC1. The van der Waals surface area contributed by atoms with Gasteiger partial charge in [0, 0.05) is 37.2 Å². The number of halogens is 1. The smallest absolute Gasteiger partial charge is 0.317 e. The number of amides is 2. The minimum absolute atomic E-state index is 0.217. The number of nitrogens with one attached hydrogen (secondary N) is 1. The molecule has 1 saturated heterocycles. The van der Waals surface area contributed by atoms with Gasteiger partial charge in [-0.05, 0) is 42.0 Å². The largest absolute Gasteiger partial charge is 0.486 e. The van der Waals surface area contributed by atoms with Crippen LogP contribution >= 0.6 is 15.9 Å². The number of fused-ring (bicyclic) bond motifs is 1. The fourth-order valence-electron chi connectivity index (χ4n) is 3.37. The quantitative estimate of drug-likeness (QED) is 0.703. The fraction of sp³-hybridized carbons (Fsp3) is 0.350. The number of urea groups is 1. The molecule has 2 aliphatic heterocycles. The molecule has 1 fully saturated rings. The third-order valence-corrected chi connectivity index (χ3v) is 7.47. The van der Waals surface area contributed by atoms with Gasteiger partial charge in [-0.3, -0.25) is 0 Å². The molecule has 4 rings (SSSR count). The lowest BCUT2D eigenvalue weighted by molar-refractivity contribution is 0.170. The zero-order chi connectivity index (χ0) is 21.1. The zero-order valence-corrected chi connectivity index (χ0v) is 18.6. The van der Waals surface area contributed by atoms with Crippen molar-refractivity contribution in [3.8, 4) is 11.5 Å². The molecular weight excluding hydrogens is 474 g/mol. The number of hydrogen-bond acceptors (Lipinski definition) is 5. The zero-order valence-electron chi connectivity index (χ0n) is 16.2. The van der Waals surface area contributed by atoms with Gasteiger partial charge in [0.05, 0.1) is 4.90 Å². The standard InChI is InChI=1S/C20H22BrN3O5S/c21-16-2-4-17(5-3-16)30(26,27)24-9-7-23(8-10-24)20(25)22-14-15-1-6-18-19(13-15)29-12-11-28-18/h1-6,13H,7-12,14H2,(H,22,25). The van der Waals surface area contributed by atoms with E-state index in [1.54, 1.807) is 29.2 Å². The van der Waals surface area contributed by atoms with Gasteiger partial charge in [-0.15, -0.1) is 0 Å². The van der Waals surface area contributed by atoms with Crippen molar-refractivity contribution in [2.45, 2.75) is 11.4 Å². The molecule has 8 nitrogen and oxygen atoms in total. The summed E-state index contributed by atoms with van der Waals surface area (Å²) in [4.78, 5) is 14.4. The molecule has 0 radical (unpaired) electrons. The van der Waals surface area contributed by atoms with Crippen LogP contribution in [0.15, 0.2) is 51.8 Å². The van der Waals surface area contributed by atoms with Crippen molar-refractivity contribution < 1.29 is 22.7 Å². The van der Waals surface area contributed by atoms with E-state index in [-0.39, 0.29) is 24.0 Å². The van der Waals surface area contributed by atoms with Gasteiger partial charge in [0.1, 0.15) is 13.2 Å². The Labute approximate surface area is 183 Å². The van der Waals surface area contributed by atoms with Crippen LogP contribution in [0.1, 0.15) is 5.56 Å². The summed E-state index contributed by atoms with van der Waals surface area (Å²) >= 11 is 3.31. The molecule has 0 unspecified atom stereocenters. The highest BCUT2D eigenvalue weighted by Gasteiger charge is 2.30. The first-order valence-electron chi connectivity index (χ1n) is 9.60. The van der Waals surface area contributed by atoms with E-state index in [9.17, 15) is 13.2 Å². The van der Waals surface area contributed by atoms with Crippen LogP contribution in [0, 0.1) is 0 Å². The second kappa shape index (κ2) is 8.83. The van der Waals surface area contributed by atoms with E-state index in [2.05, 4.69) is 21.2 Å². The Morgan fingerprint density at radius 1 is 0.967 bits per heavy atom. The van der Waals surface area contributed by atoms with Crippen molar-refractivity contribution in [3.63, 3.8) is 0 Å². The second-order valence-corrected chi connectivity index (χ2v) is 9.84. The van der Waals surface area contributed by atoms with Gasteiger partial charge in [-0.2, -0.15) is 4.31 Å². The Kier molecular flexibility index (Phi) is 6.16. The summed E-state index contributed by atoms with van der Waals surface area (Å²) in [6, 6.07) is 11.9. The van der Waals surface area contributed by atoms with E-state index in [1.807, 2.05) is 18.2 Å². The van der Waals surface area contributed by atoms with Crippen LogP contribution in [0.4, 0.5) is 4.79 Å². The van der Waals surface area contributed by atoms with Crippen molar-refractivity contribution in [2.24, 2.45) is 0 Å². The number of benzene rings is 2. The van der Waals surface area contributed by atoms with Gasteiger partial charge >= 0.3 is 6.03 Å². The van der Waals surface area contributed by atoms with Gasteiger partial charge in [0.2, 0.25) is 10.0 Å². The van der Waals surface area contributed by atoms with Crippen molar-refractivity contribution in [1.29, 1.82) is 0 Å². The average Bonchev–Trinajstić information content (AvgIpc) is 2.77. The van der Waals surface area contributed by atoms with E-state index >= 15 is 0 Å². The summed E-state index contributed by atoms with van der Waals surface area (Å²) in [5.41, 5.74) is 0.907. The maximum absolute atomic E-state index is 12.8. The number of ether oxygens (including phenoxy) is 2. The number of carbonyl (C=O) groups excluding carboxylic acids is 1. The Morgan fingerprint density at radius 2 is 1.63 bits per heavy atom. The molecule has 0 aliphatic carbocycles. The highest BCUT2D eigenvalue weighted by Crippen LogP contribution is 2.30. The highest BCUT2D eigenvalue weighted by atomic mass is 79.9. The molecule has 30 heavy (non-hydrogen) atoms. The lowest BCUT2D eigenvalue weighted by Gasteiger charge is -2.34. The van der Waals surface area contributed by atoms with E-state index in [4.69, 9.17) is 9.47 Å². The van der Waals surface area contributed by atoms with Gasteiger partial charge < -0.3 is 19.7 Å². The third-order valence-electron chi connectivity index (χ3n) is 5.03. The number of carbonyl (C=O) groups is 1. The van der Waals surface area contributed by atoms with Crippen molar-refractivity contribution >= 4 is 32.0 Å². The molecule has 2 aliphatic rings. The fourth-order valence-corrected chi connectivity index (χ4v) is 5.06. The van der Waals surface area contributed by atoms with E-state index in [1.165, 1.54) is 4.31 Å². The molecule has 0 spiro atoms. The molecule has 2 aromatic carbocycles. The summed E-state index contributed by atoms with van der Waals surface area (Å²) < 4.78 is 38.8. The number of hydrogen-bond donors (Lipinski definition) is 1. The van der Waals surface area contributed by atoms with Crippen molar-refractivity contribution in [1.82, 2.24) is 14.5 Å². The number of nitrogens with zero attached hydrogens (tertiary/aromatic N) is 2. The van der Waals surface area contributed by atoms with E-state index in [0.29, 0.717) is 44.3 Å². The summed E-state index contributed by atoms with van der Waals surface area (Å²) in [6.07, 6.45) is 0. The normalized spacial score (nSPS) is 16.9. The monoisotopic (exact) mass is 495 g/mol. The van der Waals surface area contributed by atoms with Gasteiger partial charge in [0.15, 0.2) is 11.5 Å². The molecule has 160 valence electrons. The van der Waals surface area contributed by atoms with Crippen LogP contribution in [0.25, 0.3) is 0 Å². The Hall–Kier alpha value is -2.30. The Bertz CT molecular complexity index is 1020. The van der Waals surface area contributed by atoms with Gasteiger partial charge in [-0.1, -0.05) is 22.0 Å². The minimum atomic E-state index is -3.56. The lowest BCUT2D eigenvalue weighted by atomic mass is 10.2. The van der Waals surface area contributed by atoms with Crippen LogP contribution in [0.5, 0.6) is 11.5 Å². The predicted octanol–water partition coefficient (Wildman–Crippen LogP) is 2.44. The van der Waals surface area contributed by atoms with Crippen LogP contribution in [0.3, 0.4) is 0 Å². The molecular formula is C20H22BrN3O5S. The molecule has 0 bridgehead atoms. The topological polar surface area (TPSA) is 88.2 Å². The maximum atomic E-state index is 12.8. The van der Waals surface area contributed by atoms with Crippen LogP contribution in [-0.4, -0.2) is 63.0 Å². The molecule has 0 aromatic heterocycles. The third kappa shape index (κ3) is 4.55. The summed E-state index contributed by atoms with van der Waals surface area (Å²) in [6.45, 7) is 2.59. The van der Waals surface area contributed by atoms with Crippen molar-refractivity contribution in [2.75, 3.05) is 39.4 Å². The molecule has 2 amide bonds. The van der Waals surface area contributed by atoms with E-state index in [0.717, 1.165) is 10.0 Å².